The van der Waals surface area contributed by atoms with Gasteiger partial charge in [-0.2, -0.15) is 0 Å². The fourth-order valence-corrected chi connectivity index (χ4v) is 4.41. The van der Waals surface area contributed by atoms with Crippen LogP contribution in [0.25, 0.3) is 6.08 Å². The largest absolute Gasteiger partial charge is 0.463 e. The van der Waals surface area contributed by atoms with Crippen molar-refractivity contribution in [2.24, 2.45) is 0 Å². The maximum atomic E-state index is 12.8. The molecule has 1 aliphatic rings. The van der Waals surface area contributed by atoms with Crippen LogP contribution < -0.4 is 9.62 Å². The van der Waals surface area contributed by atoms with Crippen LogP contribution in [-0.2, 0) is 30.8 Å². The van der Waals surface area contributed by atoms with Crippen molar-refractivity contribution < 1.29 is 22.7 Å². The highest BCUT2D eigenvalue weighted by Crippen LogP contribution is 2.30. The molecule has 7 nitrogen and oxygen atoms in total. The van der Waals surface area contributed by atoms with Crippen LogP contribution in [0, 0.1) is 0 Å². The van der Waals surface area contributed by atoms with Crippen LogP contribution in [0.4, 0.5) is 11.4 Å². The summed E-state index contributed by atoms with van der Waals surface area (Å²) in [5, 5.41) is 0. The van der Waals surface area contributed by atoms with Gasteiger partial charge in [-0.15, -0.1) is 0 Å². The van der Waals surface area contributed by atoms with Gasteiger partial charge in [0.25, 0.3) is 10.0 Å². The molecule has 0 unspecified atom stereocenters. The Morgan fingerprint density at radius 2 is 1.90 bits per heavy atom. The van der Waals surface area contributed by atoms with Gasteiger partial charge in [0.2, 0.25) is 5.91 Å². The SMILES string of the molecule is CCOC(=O)/C=C/c1ccc(NS(=O)(=O)c2ccc3c(c2)CCCN3C(C)=O)cc1. The molecule has 2 aromatic rings. The molecule has 0 aromatic heterocycles. The molecule has 1 N–H and O–H groups in total. The Labute approximate surface area is 176 Å². The average Bonchev–Trinajstić information content (AvgIpc) is 2.72. The molecule has 0 atom stereocenters. The van der Waals surface area contributed by atoms with Crippen molar-refractivity contribution in [1.29, 1.82) is 0 Å². The highest BCUT2D eigenvalue weighted by atomic mass is 32.2. The number of sulfonamides is 1. The molecule has 30 heavy (non-hydrogen) atoms. The number of amides is 1. The average molecular weight is 429 g/mol. The topological polar surface area (TPSA) is 92.8 Å². The van der Waals surface area contributed by atoms with E-state index in [0.717, 1.165) is 29.7 Å². The minimum Gasteiger partial charge on any atom is -0.463 e. The molecule has 0 bridgehead atoms. The summed E-state index contributed by atoms with van der Waals surface area (Å²) in [6, 6.07) is 11.5. The molecule has 0 aliphatic carbocycles. The predicted octanol–water partition coefficient (Wildman–Crippen LogP) is 3.36. The standard InChI is InChI=1S/C22H24N2O5S/c1-3-29-22(26)13-8-17-6-9-19(10-7-17)23-30(27,28)20-11-12-21-18(15-20)5-4-14-24(21)16(2)25/h6-13,15,23H,3-5,14H2,1-2H3/b13-8+. The van der Waals surface area contributed by atoms with Gasteiger partial charge < -0.3 is 9.64 Å². The van der Waals surface area contributed by atoms with Crippen molar-refractivity contribution in [3.63, 3.8) is 0 Å². The van der Waals surface area contributed by atoms with Crippen molar-refractivity contribution >= 4 is 39.4 Å². The number of ether oxygens (including phenoxy) is 1. The first-order chi connectivity index (χ1) is 14.3. The molecular formula is C22H24N2O5S. The Morgan fingerprint density at radius 3 is 2.57 bits per heavy atom. The summed E-state index contributed by atoms with van der Waals surface area (Å²) in [7, 11) is -3.78. The van der Waals surface area contributed by atoms with E-state index in [9.17, 15) is 18.0 Å². The quantitative estimate of drug-likeness (QED) is 0.563. The molecule has 0 fully saturated rings. The number of aryl methyl sites for hydroxylation is 1. The van der Waals surface area contributed by atoms with Gasteiger partial charge in [-0.25, -0.2) is 13.2 Å². The Hall–Kier alpha value is -3.13. The lowest BCUT2D eigenvalue weighted by molar-refractivity contribution is -0.137. The van der Waals surface area contributed by atoms with Gasteiger partial charge in [0.05, 0.1) is 11.5 Å². The lowest BCUT2D eigenvalue weighted by Gasteiger charge is -2.28. The van der Waals surface area contributed by atoms with Crippen molar-refractivity contribution in [3.8, 4) is 0 Å². The van der Waals surface area contributed by atoms with Crippen LogP contribution in [0.2, 0.25) is 0 Å². The van der Waals surface area contributed by atoms with Gasteiger partial charge in [0.1, 0.15) is 0 Å². The normalized spacial score (nSPS) is 13.7. The number of benzene rings is 2. The minimum absolute atomic E-state index is 0.0539. The van der Waals surface area contributed by atoms with Crippen LogP contribution in [-0.4, -0.2) is 33.4 Å². The fourth-order valence-electron chi connectivity index (χ4n) is 3.30. The Kier molecular flexibility index (Phi) is 6.56. The molecular weight excluding hydrogens is 404 g/mol. The number of nitrogens with one attached hydrogen (secondary N) is 1. The number of carbonyl (C=O) groups excluding carboxylic acids is 2. The number of carbonyl (C=O) groups is 2. The van der Waals surface area contributed by atoms with E-state index in [1.54, 1.807) is 54.3 Å². The summed E-state index contributed by atoms with van der Waals surface area (Å²) in [4.78, 5) is 25.0. The van der Waals surface area contributed by atoms with E-state index in [1.807, 2.05) is 0 Å². The second-order valence-electron chi connectivity index (χ2n) is 6.88. The molecule has 1 aliphatic heterocycles. The summed E-state index contributed by atoms with van der Waals surface area (Å²) < 4.78 is 33.0. The van der Waals surface area contributed by atoms with Crippen LogP contribution in [0.3, 0.4) is 0 Å². The first-order valence-corrected chi connectivity index (χ1v) is 11.2. The molecule has 1 heterocycles. The lowest BCUT2D eigenvalue weighted by Crippen LogP contribution is -2.33. The van der Waals surface area contributed by atoms with Crippen LogP contribution in [0.15, 0.2) is 53.4 Å². The summed E-state index contributed by atoms with van der Waals surface area (Å²) >= 11 is 0. The number of esters is 1. The lowest BCUT2D eigenvalue weighted by atomic mass is 10.0. The number of hydrogen-bond donors (Lipinski definition) is 1. The molecule has 8 heteroatoms. The zero-order valence-corrected chi connectivity index (χ0v) is 17.7. The number of fused-ring (bicyclic) bond motifs is 1. The zero-order valence-electron chi connectivity index (χ0n) is 16.9. The molecule has 0 radical (unpaired) electrons. The van der Waals surface area contributed by atoms with E-state index in [0.29, 0.717) is 18.8 Å². The van der Waals surface area contributed by atoms with Gasteiger partial charge in [-0.3, -0.25) is 9.52 Å². The Morgan fingerprint density at radius 1 is 1.17 bits per heavy atom. The zero-order chi connectivity index (χ0) is 21.7. The van der Waals surface area contributed by atoms with Crippen molar-refractivity contribution in [3.05, 3.63) is 59.7 Å². The summed E-state index contributed by atoms with van der Waals surface area (Å²) in [6.45, 7) is 4.18. The minimum atomic E-state index is -3.78. The molecule has 0 saturated carbocycles. The summed E-state index contributed by atoms with van der Waals surface area (Å²) in [5.74, 6) is -0.486. The first kappa shape index (κ1) is 21.6. The molecule has 2 aromatic carbocycles. The van der Waals surface area contributed by atoms with Gasteiger partial charge in [0.15, 0.2) is 0 Å². The third kappa shape index (κ3) is 5.07. The van der Waals surface area contributed by atoms with E-state index >= 15 is 0 Å². The summed E-state index contributed by atoms with van der Waals surface area (Å²) in [6.07, 6.45) is 4.44. The van der Waals surface area contributed by atoms with Crippen LogP contribution >= 0.6 is 0 Å². The second-order valence-corrected chi connectivity index (χ2v) is 8.56. The monoisotopic (exact) mass is 428 g/mol. The highest BCUT2D eigenvalue weighted by Gasteiger charge is 2.23. The number of anilines is 2. The van der Waals surface area contributed by atoms with Crippen LogP contribution in [0.1, 0.15) is 31.4 Å². The number of hydrogen-bond acceptors (Lipinski definition) is 5. The van der Waals surface area contributed by atoms with E-state index in [4.69, 9.17) is 4.74 Å². The molecule has 158 valence electrons. The summed E-state index contributed by atoms with van der Waals surface area (Å²) in [5.41, 5.74) is 2.76. The van der Waals surface area contributed by atoms with E-state index < -0.39 is 16.0 Å². The Bertz CT molecular complexity index is 1080. The highest BCUT2D eigenvalue weighted by molar-refractivity contribution is 7.92. The molecule has 0 spiro atoms. The maximum Gasteiger partial charge on any atom is 0.330 e. The third-order valence-corrected chi connectivity index (χ3v) is 6.10. The first-order valence-electron chi connectivity index (χ1n) is 9.69. The van der Waals surface area contributed by atoms with E-state index in [1.165, 1.54) is 19.1 Å². The maximum absolute atomic E-state index is 12.8. The molecule has 1 amide bonds. The van der Waals surface area contributed by atoms with Crippen LogP contribution in [0.5, 0.6) is 0 Å². The fraction of sp³-hybridized carbons (Fsp3) is 0.273. The second kappa shape index (κ2) is 9.13. The van der Waals surface area contributed by atoms with Gasteiger partial charge >= 0.3 is 5.97 Å². The van der Waals surface area contributed by atoms with E-state index in [2.05, 4.69) is 4.72 Å². The Balaban J connectivity index is 1.75. The number of nitrogens with zero attached hydrogens (tertiary/aromatic N) is 1. The molecule has 3 rings (SSSR count). The third-order valence-electron chi connectivity index (χ3n) is 4.72. The van der Waals surface area contributed by atoms with Crippen molar-refractivity contribution in [2.75, 3.05) is 22.8 Å². The van der Waals surface area contributed by atoms with Gasteiger partial charge in [-0.1, -0.05) is 12.1 Å². The van der Waals surface area contributed by atoms with Gasteiger partial charge in [-0.05, 0) is 67.3 Å². The van der Waals surface area contributed by atoms with Crippen molar-refractivity contribution in [1.82, 2.24) is 0 Å². The van der Waals surface area contributed by atoms with E-state index in [-0.39, 0.29) is 10.8 Å². The number of rotatable bonds is 6. The molecule has 0 saturated heterocycles. The van der Waals surface area contributed by atoms with Crippen molar-refractivity contribution in [2.45, 2.75) is 31.6 Å². The smallest absolute Gasteiger partial charge is 0.330 e. The van der Waals surface area contributed by atoms with Gasteiger partial charge in [0, 0.05) is 30.9 Å². The predicted molar refractivity (Wildman–Crippen MR) is 116 cm³/mol.